The molecule has 0 aliphatic heterocycles. The summed E-state index contributed by atoms with van der Waals surface area (Å²) in [5.41, 5.74) is 2.32. The lowest BCUT2D eigenvalue weighted by molar-refractivity contribution is -0.115. The molecule has 0 unspecified atom stereocenters. The van der Waals surface area contributed by atoms with E-state index >= 15 is 0 Å². The summed E-state index contributed by atoms with van der Waals surface area (Å²) in [5, 5.41) is 3.79. The van der Waals surface area contributed by atoms with Crippen LogP contribution in [-0.2, 0) is 11.2 Å². The van der Waals surface area contributed by atoms with E-state index in [0.717, 1.165) is 26.9 Å². The summed E-state index contributed by atoms with van der Waals surface area (Å²) in [7, 11) is 1.61. The predicted octanol–water partition coefficient (Wildman–Crippen LogP) is 4.39. The van der Waals surface area contributed by atoms with Gasteiger partial charge >= 0.3 is 0 Å². The number of furan rings is 1. The van der Waals surface area contributed by atoms with Crippen molar-refractivity contribution in [2.24, 2.45) is 0 Å². The molecular weight excluding hydrogens is 346 g/mol. The third-order valence-electron chi connectivity index (χ3n) is 3.32. The molecule has 3 rings (SSSR count). The maximum Gasteiger partial charge on any atom is 0.228 e. The normalized spacial score (nSPS) is 10.6. The van der Waals surface area contributed by atoms with Gasteiger partial charge in [-0.15, -0.1) is 0 Å². The fourth-order valence-corrected chi connectivity index (χ4v) is 2.67. The van der Waals surface area contributed by atoms with Crippen molar-refractivity contribution in [3.05, 3.63) is 58.8 Å². The van der Waals surface area contributed by atoms with E-state index in [1.807, 2.05) is 42.5 Å². The van der Waals surface area contributed by atoms with Crippen molar-refractivity contribution in [1.29, 1.82) is 0 Å². The minimum Gasteiger partial charge on any atom is -0.497 e. The lowest BCUT2D eigenvalue weighted by atomic mass is 10.1. The largest absolute Gasteiger partial charge is 0.497 e. The Balaban J connectivity index is 1.76. The maximum atomic E-state index is 12.2. The molecule has 3 aromatic rings. The Labute approximate surface area is 136 Å². The van der Waals surface area contributed by atoms with Crippen molar-refractivity contribution in [3.63, 3.8) is 0 Å². The van der Waals surface area contributed by atoms with Crippen molar-refractivity contribution in [2.45, 2.75) is 6.42 Å². The number of rotatable bonds is 4. The number of hydrogen-bond acceptors (Lipinski definition) is 3. The molecule has 0 saturated carbocycles. The zero-order valence-corrected chi connectivity index (χ0v) is 13.5. The van der Waals surface area contributed by atoms with Gasteiger partial charge < -0.3 is 14.5 Å². The number of nitrogens with one attached hydrogen (secondary N) is 1. The molecule has 0 aliphatic carbocycles. The van der Waals surface area contributed by atoms with Crippen molar-refractivity contribution in [2.75, 3.05) is 12.4 Å². The van der Waals surface area contributed by atoms with Crippen molar-refractivity contribution in [1.82, 2.24) is 0 Å². The topological polar surface area (TPSA) is 51.5 Å². The number of ether oxygens (including phenoxy) is 1. The second-order valence-electron chi connectivity index (χ2n) is 4.86. The first-order chi connectivity index (χ1) is 10.7. The van der Waals surface area contributed by atoms with Crippen LogP contribution in [-0.4, -0.2) is 13.0 Å². The Bertz CT molecular complexity index is 826. The number of fused-ring (bicyclic) bond motifs is 1. The number of anilines is 1. The number of benzene rings is 2. The molecule has 22 heavy (non-hydrogen) atoms. The highest BCUT2D eigenvalue weighted by Crippen LogP contribution is 2.26. The Hall–Kier alpha value is -2.27. The van der Waals surface area contributed by atoms with Gasteiger partial charge in [-0.25, -0.2) is 0 Å². The van der Waals surface area contributed by atoms with Crippen LogP contribution in [0.25, 0.3) is 11.0 Å². The van der Waals surface area contributed by atoms with Crippen molar-refractivity contribution >= 4 is 38.5 Å². The molecule has 1 heterocycles. The summed E-state index contributed by atoms with van der Waals surface area (Å²) in [6, 6.07) is 13.1. The number of methoxy groups -OCH3 is 1. The van der Waals surface area contributed by atoms with Crippen molar-refractivity contribution < 1.29 is 13.9 Å². The highest BCUT2D eigenvalue weighted by molar-refractivity contribution is 9.10. The molecule has 1 aromatic heterocycles. The summed E-state index contributed by atoms with van der Waals surface area (Å²) in [6.45, 7) is 0. The van der Waals surface area contributed by atoms with Gasteiger partial charge in [-0.1, -0.05) is 22.0 Å². The van der Waals surface area contributed by atoms with E-state index in [1.54, 1.807) is 13.4 Å². The zero-order valence-electron chi connectivity index (χ0n) is 11.9. The molecule has 0 radical (unpaired) electrons. The van der Waals surface area contributed by atoms with Gasteiger partial charge in [0.1, 0.15) is 11.3 Å². The van der Waals surface area contributed by atoms with Crippen LogP contribution in [0, 0.1) is 0 Å². The van der Waals surface area contributed by atoms with Crippen LogP contribution in [0.5, 0.6) is 5.75 Å². The van der Waals surface area contributed by atoms with Crippen LogP contribution in [0.1, 0.15) is 5.56 Å². The SMILES string of the molecule is COc1ccc2c(CC(=O)Nc3cccc(Br)c3)coc2c1. The van der Waals surface area contributed by atoms with E-state index in [-0.39, 0.29) is 12.3 Å². The van der Waals surface area contributed by atoms with E-state index in [4.69, 9.17) is 9.15 Å². The standard InChI is InChI=1S/C17H14BrNO3/c1-21-14-5-6-15-11(10-22-16(15)9-14)7-17(20)19-13-4-2-3-12(18)8-13/h2-6,8-10H,7H2,1H3,(H,19,20). The molecule has 0 fully saturated rings. The Morgan fingerprint density at radius 3 is 2.91 bits per heavy atom. The van der Waals surface area contributed by atoms with Crippen LogP contribution in [0.4, 0.5) is 5.69 Å². The Morgan fingerprint density at radius 2 is 2.14 bits per heavy atom. The van der Waals surface area contributed by atoms with Crippen LogP contribution in [0.3, 0.4) is 0 Å². The molecule has 0 saturated heterocycles. The third kappa shape index (κ3) is 3.14. The molecular formula is C17H14BrNO3. The molecule has 5 heteroatoms. The first-order valence-electron chi connectivity index (χ1n) is 6.75. The van der Waals surface area contributed by atoms with E-state index in [2.05, 4.69) is 21.2 Å². The highest BCUT2D eigenvalue weighted by Gasteiger charge is 2.11. The van der Waals surface area contributed by atoms with Gasteiger partial charge in [0.05, 0.1) is 19.8 Å². The number of carbonyl (C=O) groups is 1. The van der Waals surface area contributed by atoms with Crippen LogP contribution < -0.4 is 10.1 Å². The smallest absolute Gasteiger partial charge is 0.228 e. The quantitative estimate of drug-likeness (QED) is 0.751. The van der Waals surface area contributed by atoms with Gasteiger partial charge in [0.2, 0.25) is 5.91 Å². The molecule has 2 aromatic carbocycles. The predicted molar refractivity (Wildman–Crippen MR) is 89.2 cm³/mol. The average Bonchev–Trinajstić information content (AvgIpc) is 2.89. The van der Waals surface area contributed by atoms with Gasteiger partial charge in [0.25, 0.3) is 0 Å². The van der Waals surface area contributed by atoms with Gasteiger partial charge in [0.15, 0.2) is 0 Å². The summed E-state index contributed by atoms with van der Waals surface area (Å²) >= 11 is 3.38. The second-order valence-corrected chi connectivity index (χ2v) is 5.77. The summed E-state index contributed by atoms with van der Waals surface area (Å²) < 4.78 is 11.6. The summed E-state index contributed by atoms with van der Waals surface area (Å²) in [4.78, 5) is 12.2. The van der Waals surface area contributed by atoms with Crippen molar-refractivity contribution in [3.8, 4) is 5.75 Å². The first kappa shape index (κ1) is 14.7. The lowest BCUT2D eigenvalue weighted by Crippen LogP contribution is -2.14. The van der Waals surface area contributed by atoms with Crippen LogP contribution in [0.15, 0.2) is 57.6 Å². The molecule has 0 bridgehead atoms. The molecule has 1 N–H and O–H groups in total. The van der Waals surface area contributed by atoms with E-state index < -0.39 is 0 Å². The molecule has 1 amide bonds. The van der Waals surface area contributed by atoms with Crippen LogP contribution >= 0.6 is 15.9 Å². The number of amides is 1. The Morgan fingerprint density at radius 1 is 1.27 bits per heavy atom. The van der Waals surface area contributed by atoms with E-state index in [0.29, 0.717) is 5.58 Å². The first-order valence-corrected chi connectivity index (χ1v) is 7.54. The Kier molecular flexibility index (Phi) is 4.15. The second kappa shape index (κ2) is 6.23. The average molecular weight is 360 g/mol. The third-order valence-corrected chi connectivity index (χ3v) is 3.82. The summed E-state index contributed by atoms with van der Waals surface area (Å²) in [5.74, 6) is 0.642. The molecule has 0 atom stereocenters. The maximum absolute atomic E-state index is 12.2. The van der Waals surface area contributed by atoms with E-state index in [1.165, 1.54) is 0 Å². The molecule has 0 aliphatic rings. The van der Waals surface area contributed by atoms with E-state index in [9.17, 15) is 4.79 Å². The van der Waals surface area contributed by atoms with Gasteiger partial charge in [0, 0.05) is 27.2 Å². The number of halogens is 1. The number of hydrogen-bond donors (Lipinski definition) is 1. The van der Waals surface area contributed by atoms with Crippen LogP contribution in [0.2, 0.25) is 0 Å². The lowest BCUT2D eigenvalue weighted by Gasteiger charge is -2.05. The monoisotopic (exact) mass is 359 g/mol. The molecule has 0 spiro atoms. The van der Waals surface area contributed by atoms with Gasteiger partial charge in [-0.05, 0) is 30.3 Å². The molecule has 112 valence electrons. The minimum atomic E-state index is -0.0865. The fourth-order valence-electron chi connectivity index (χ4n) is 2.27. The zero-order chi connectivity index (χ0) is 15.5. The highest BCUT2D eigenvalue weighted by atomic mass is 79.9. The van der Waals surface area contributed by atoms with Gasteiger partial charge in [-0.3, -0.25) is 4.79 Å². The van der Waals surface area contributed by atoms with Gasteiger partial charge in [-0.2, -0.15) is 0 Å². The molecule has 4 nitrogen and oxygen atoms in total. The minimum absolute atomic E-state index is 0.0865. The summed E-state index contributed by atoms with van der Waals surface area (Å²) in [6.07, 6.45) is 1.87. The number of carbonyl (C=O) groups excluding carboxylic acids is 1. The fraction of sp³-hybridized carbons (Fsp3) is 0.118.